The van der Waals surface area contributed by atoms with Gasteiger partial charge in [0.1, 0.15) is 5.78 Å². The Morgan fingerprint density at radius 2 is 1.96 bits per heavy atom. The molecule has 0 aromatic heterocycles. The zero-order valence-corrected chi connectivity index (χ0v) is 15.2. The van der Waals surface area contributed by atoms with E-state index in [9.17, 15) is 8.68 Å². The topological polar surface area (TPSA) is 17.1 Å². The van der Waals surface area contributed by atoms with Crippen LogP contribution in [-0.4, -0.2) is 5.78 Å². The Balaban J connectivity index is 0.000000753. The predicted octanol–water partition coefficient (Wildman–Crippen LogP) is 6.11. The number of hydrogen-bond donors (Lipinski definition) is 0. The Morgan fingerprint density at radius 3 is 2.70 bits per heavy atom. The van der Waals surface area contributed by atoms with Gasteiger partial charge in [-0.05, 0) is 73.1 Å². The first-order valence-corrected chi connectivity index (χ1v) is 9.80. The third kappa shape index (κ3) is 2.65. The Bertz CT molecular complexity index is 599. The number of fused-ring (bicyclic) bond motifs is 5. The van der Waals surface area contributed by atoms with E-state index in [1.54, 1.807) is 0 Å². The van der Waals surface area contributed by atoms with Gasteiger partial charge in [0, 0.05) is 16.7 Å². The van der Waals surface area contributed by atoms with Crippen molar-refractivity contribution in [3.8, 4) is 0 Å². The number of ketones is 1. The van der Waals surface area contributed by atoms with Crippen LogP contribution in [0.2, 0.25) is 0 Å². The summed E-state index contributed by atoms with van der Waals surface area (Å²) in [6.45, 7) is 6.21. The van der Waals surface area contributed by atoms with Gasteiger partial charge >= 0.3 is 0 Å². The highest BCUT2D eigenvalue weighted by atomic mass is 32.2. The van der Waals surface area contributed by atoms with Gasteiger partial charge in [-0.25, -0.2) is 0 Å². The number of carbonyl (C=O) groups is 1. The van der Waals surface area contributed by atoms with E-state index in [1.165, 1.54) is 17.5 Å². The van der Waals surface area contributed by atoms with Gasteiger partial charge in [0.2, 0.25) is 0 Å². The van der Waals surface area contributed by atoms with Crippen LogP contribution in [0.25, 0.3) is 0 Å². The molecule has 0 spiro atoms. The molecule has 0 amide bonds. The molecule has 4 unspecified atom stereocenters. The van der Waals surface area contributed by atoms with Gasteiger partial charge in [0.15, 0.2) is 0 Å². The van der Waals surface area contributed by atoms with Crippen LogP contribution in [0.1, 0.15) is 69.9 Å². The van der Waals surface area contributed by atoms with E-state index in [0.29, 0.717) is 35.7 Å². The Labute approximate surface area is 143 Å². The molecule has 1 nitrogen and oxygen atoms in total. The Hall–Kier alpha value is -0.830. The van der Waals surface area contributed by atoms with E-state index in [0.717, 1.165) is 37.0 Å². The van der Waals surface area contributed by atoms with Gasteiger partial charge in [-0.3, -0.25) is 4.79 Å². The molecule has 126 valence electrons. The lowest BCUT2D eigenvalue weighted by Crippen LogP contribution is -2.42. The first kappa shape index (κ1) is 17.0. The zero-order chi connectivity index (χ0) is 16.6. The quantitative estimate of drug-likeness (QED) is 0.616. The van der Waals surface area contributed by atoms with Gasteiger partial charge in [0.05, 0.1) is 12.1 Å². The highest BCUT2D eigenvalue weighted by Crippen LogP contribution is 2.59. The van der Waals surface area contributed by atoms with Gasteiger partial charge in [-0.2, -0.15) is 3.89 Å². The standard InChI is InChI=1S/C18H21FOS.C2H6/c1-18-9-8-14-13-5-3-12(21-19)10-11(13)2-4-15(14)16(18)6-7-17(18)20;1-2/h3,5,10,14-16H,2,4,6-9H2,1H3;1-2H3. The molecule has 0 aliphatic heterocycles. The molecule has 2 saturated carbocycles. The zero-order valence-electron chi connectivity index (χ0n) is 14.4. The first-order valence-electron chi connectivity index (χ1n) is 9.08. The van der Waals surface area contributed by atoms with Crippen molar-refractivity contribution in [2.24, 2.45) is 17.3 Å². The van der Waals surface area contributed by atoms with E-state index in [4.69, 9.17) is 0 Å². The number of aryl methyl sites for hydroxylation is 1. The highest BCUT2D eigenvalue weighted by Gasteiger charge is 2.54. The summed E-state index contributed by atoms with van der Waals surface area (Å²) in [6, 6.07) is 6.09. The molecule has 3 aliphatic carbocycles. The summed E-state index contributed by atoms with van der Waals surface area (Å²) in [5.41, 5.74) is 2.73. The second kappa shape index (κ2) is 6.58. The van der Waals surface area contributed by atoms with Crippen molar-refractivity contribution in [3.63, 3.8) is 0 Å². The van der Waals surface area contributed by atoms with Gasteiger partial charge in [0.25, 0.3) is 0 Å². The number of benzene rings is 1. The summed E-state index contributed by atoms with van der Waals surface area (Å²) in [4.78, 5) is 13.0. The molecule has 23 heavy (non-hydrogen) atoms. The number of hydrogen-bond acceptors (Lipinski definition) is 2. The maximum Gasteiger partial charge on any atom is 0.139 e. The normalized spacial score (nSPS) is 34.8. The average Bonchev–Trinajstić information content (AvgIpc) is 2.91. The minimum atomic E-state index is -0.0482. The van der Waals surface area contributed by atoms with Crippen molar-refractivity contribution in [2.45, 2.75) is 70.1 Å². The fraction of sp³-hybridized carbons (Fsp3) is 0.650. The number of halogens is 1. The Kier molecular flexibility index (Phi) is 4.87. The van der Waals surface area contributed by atoms with Crippen LogP contribution in [0.4, 0.5) is 3.89 Å². The van der Waals surface area contributed by atoms with Crippen LogP contribution in [0, 0.1) is 17.3 Å². The lowest BCUT2D eigenvalue weighted by atomic mass is 9.55. The van der Waals surface area contributed by atoms with E-state index < -0.39 is 0 Å². The van der Waals surface area contributed by atoms with Crippen LogP contribution in [0.15, 0.2) is 23.1 Å². The third-order valence-electron chi connectivity index (χ3n) is 6.50. The molecule has 1 aromatic rings. The van der Waals surface area contributed by atoms with Crippen LogP contribution in [0.5, 0.6) is 0 Å². The molecule has 4 rings (SSSR count). The van der Waals surface area contributed by atoms with Crippen LogP contribution in [0.3, 0.4) is 0 Å². The van der Waals surface area contributed by atoms with Crippen molar-refractivity contribution in [1.29, 1.82) is 0 Å². The van der Waals surface area contributed by atoms with Gasteiger partial charge in [-0.1, -0.05) is 26.8 Å². The molecule has 0 heterocycles. The summed E-state index contributed by atoms with van der Waals surface area (Å²) in [6.07, 6.45) is 6.26. The van der Waals surface area contributed by atoms with Crippen molar-refractivity contribution in [2.75, 3.05) is 0 Å². The summed E-state index contributed by atoms with van der Waals surface area (Å²) in [7, 11) is 0. The highest BCUT2D eigenvalue weighted by molar-refractivity contribution is 7.94. The fourth-order valence-corrected chi connectivity index (χ4v) is 5.68. The summed E-state index contributed by atoms with van der Waals surface area (Å²) in [5.74, 6) is 2.33. The van der Waals surface area contributed by atoms with E-state index in [-0.39, 0.29) is 5.41 Å². The minimum absolute atomic E-state index is 0.0482. The lowest BCUT2D eigenvalue weighted by molar-refractivity contribution is -0.129. The van der Waals surface area contributed by atoms with Crippen molar-refractivity contribution in [3.05, 3.63) is 29.3 Å². The summed E-state index contributed by atoms with van der Waals surface area (Å²) < 4.78 is 12.8. The molecule has 0 N–H and O–H groups in total. The second-order valence-electron chi connectivity index (χ2n) is 7.27. The monoisotopic (exact) mass is 334 g/mol. The van der Waals surface area contributed by atoms with Crippen LogP contribution >= 0.6 is 12.1 Å². The number of rotatable bonds is 1. The first-order chi connectivity index (χ1) is 11.1. The van der Waals surface area contributed by atoms with E-state index >= 15 is 0 Å². The molecule has 0 radical (unpaired) electrons. The van der Waals surface area contributed by atoms with Gasteiger partial charge in [-0.15, -0.1) is 0 Å². The smallest absolute Gasteiger partial charge is 0.139 e. The molecular weight excluding hydrogens is 307 g/mol. The van der Waals surface area contributed by atoms with Crippen molar-refractivity contribution >= 4 is 17.9 Å². The number of carbonyl (C=O) groups excluding carboxylic acids is 1. The van der Waals surface area contributed by atoms with E-state index in [2.05, 4.69) is 13.0 Å². The molecule has 0 bridgehead atoms. The summed E-state index contributed by atoms with van der Waals surface area (Å²) >= 11 is 0.341. The molecule has 0 saturated heterocycles. The van der Waals surface area contributed by atoms with E-state index in [1.807, 2.05) is 26.0 Å². The molecule has 2 fully saturated rings. The summed E-state index contributed by atoms with van der Waals surface area (Å²) in [5, 5.41) is 0. The Morgan fingerprint density at radius 1 is 1.17 bits per heavy atom. The third-order valence-corrected chi connectivity index (χ3v) is 6.93. The molecule has 3 aliphatic rings. The molecule has 3 heteroatoms. The van der Waals surface area contributed by atoms with Crippen molar-refractivity contribution < 1.29 is 8.68 Å². The molecule has 1 aromatic carbocycles. The fourth-order valence-electron chi connectivity index (χ4n) is 5.38. The lowest BCUT2D eigenvalue weighted by Gasteiger charge is -2.48. The average molecular weight is 335 g/mol. The minimum Gasteiger partial charge on any atom is -0.299 e. The maximum atomic E-state index is 12.8. The van der Waals surface area contributed by atoms with Gasteiger partial charge < -0.3 is 0 Å². The van der Waals surface area contributed by atoms with Crippen LogP contribution < -0.4 is 0 Å². The largest absolute Gasteiger partial charge is 0.299 e. The SMILES string of the molecule is CC.CC12CCC3c4ccc(SF)cc4CCC3C1CCC2=O. The van der Waals surface area contributed by atoms with Crippen LogP contribution in [-0.2, 0) is 11.2 Å². The predicted molar refractivity (Wildman–Crippen MR) is 94.4 cm³/mol. The molecule has 4 atom stereocenters. The second-order valence-corrected chi connectivity index (χ2v) is 7.90. The maximum absolute atomic E-state index is 12.8. The molecular formula is C20H27FOS. The number of Topliss-reactive ketones (excluding diaryl/α,β-unsaturated/α-hetero) is 1. The van der Waals surface area contributed by atoms with Crippen molar-refractivity contribution in [1.82, 2.24) is 0 Å².